The molecule has 0 fully saturated rings. The second-order valence-corrected chi connectivity index (χ2v) is 4.17. The van der Waals surface area contributed by atoms with E-state index in [1.165, 1.54) is 0 Å². The van der Waals surface area contributed by atoms with E-state index in [1.807, 2.05) is 36.5 Å². The highest BCUT2D eigenvalue weighted by Gasteiger charge is 2.14. The van der Waals surface area contributed by atoms with E-state index in [0.717, 1.165) is 11.3 Å². The van der Waals surface area contributed by atoms with Crippen LogP contribution in [-0.4, -0.2) is 22.4 Å². The molecule has 0 aliphatic rings. The Morgan fingerprint density at radius 2 is 2.16 bits per heavy atom. The summed E-state index contributed by atoms with van der Waals surface area (Å²) in [7, 11) is 0. The van der Waals surface area contributed by atoms with E-state index in [-0.39, 0.29) is 12.4 Å². The average Bonchev–Trinajstić information content (AvgIpc) is 2.89. The van der Waals surface area contributed by atoms with Gasteiger partial charge >= 0.3 is 5.97 Å². The summed E-state index contributed by atoms with van der Waals surface area (Å²) in [6, 6.07) is 9.34. The number of hydrogen-bond donors (Lipinski definition) is 1. The van der Waals surface area contributed by atoms with Crippen LogP contribution in [0.2, 0.25) is 0 Å². The van der Waals surface area contributed by atoms with Crippen LogP contribution in [0.3, 0.4) is 0 Å². The van der Waals surface area contributed by atoms with Gasteiger partial charge in [0.15, 0.2) is 0 Å². The van der Waals surface area contributed by atoms with Gasteiger partial charge in [0.1, 0.15) is 0 Å². The fourth-order valence-electron chi connectivity index (χ4n) is 1.77. The normalized spacial score (nSPS) is 12.1. The highest BCUT2D eigenvalue weighted by atomic mass is 16.5. The third-order valence-electron chi connectivity index (χ3n) is 2.74. The molecule has 0 aliphatic heterocycles. The first kappa shape index (κ1) is 13.3. The summed E-state index contributed by atoms with van der Waals surface area (Å²) in [4.78, 5) is 11.4. The van der Waals surface area contributed by atoms with Crippen molar-refractivity contribution in [2.24, 2.45) is 5.73 Å². The Balaban J connectivity index is 2.07. The summed E-state index contributed by atoms with van der Waals surface area (Å²) in [5, 5.41) is 4.25. The lowest BCUT2D eigenvalue weighted by Crippen LogP contribution is -2.16. The molecule has 100 valence electrons. The van der Waals surface area contributed by atoms with Gasteiger partial charge in [0.25, 0.3) is 0 Å². The first-order valence-corrected chi connectivity index (χ1v) is 6.22. The fourth-order valence-corrected chi connectivity index (χ4v) is 1.77. The SMILES string of the molecule is CCOC(=O)C[C@H](N)c1cnn(-c2ccccc2)c1. The minimum atomic E-state index is -0.392. The Labute approximate surface area is 112 Å². The lowest BCUT2D eigenvalue weighted by molar-refractivity contribution is -0.143. The molecular formula is C14H17N3O2. The maximum absolute atomic E-state index is 11.4. The smallest absolute Gasteiger partial charge is 0.307 e. The van der Waals surface area contributed by atoms with Gasteiger partial charge in [-0.05, 0) is 19.1 Å². The Morgan fingerprint density at radius 3 is 2.84 bits per heavy atom. The van der Waals surface area contributed by atoms with Crippen LogP contribution in [0.5, 0.6) is 0 Å². The zero-order chi connectivity index (χ0) is 13.7. The van der Waals surface area contributed by atoms with Crippen LogP contribution in [0, 0.1) is 0 Å². The minimum Gasteiger partial charge on any atom is -0.466 e. The van der Waals surface area contributed by atoms with Gasteiger partial charge in [-0.3, -0.25) is 4.79 Å². The molecule has 0 unspecified atom stereocenters. The quantitative estimate of drug-likeness (QED) is 0.831. The maximum Gasteiger partial charge on any atom is 0.307 e. The zero-order valence-corrected chi connectivity index (χ0v) is 10.8. The van der Waals surface area contributed by atoms with Crippen molar-refractivity contribution < 1.29 is 9.53 Å². The van der Waals surface area contributed by atoms with Crippen LogP contribution in [-0.2, 0) is 9.53 Å². The average molecular weight is 259 g/mol. The number of nitrogens with two attached hydrogens (primary N) is 1. The van der Waals surface area contributed by atoms with E-state index < -0.39 is 6.04 Å². The van der Waals surface area contributed by atoms with Crippen molar-refractivity contribution in [3.63, 3.8) is 0 Å². The molecule has 2 N–H and O–H groups in total. The zero-order valence-electron chi connectivity index (χ0n) is 10.8. The van der Waals surface area contributed by atoms with Gasteiger partial charge in [-0.25, -0.2) is 4.68 Å². The van der Waals surface area contributed by atoms with Crippen LogP contribution in [0.25, 0.3) is 5.69 Å². The molecule has 0 spiro atoms. The Hall–Kier alpha value is -2.14. The molecule has 1 atom stereocenters. The monoisotopic (exact) mass is 259 g/mol. The molecule has 0 amide bonds. The van der Waals surface area contributed by atoms with E-state index in [2.05, 4.69) is 5.10 Å². The molecule has 0 saturated heterocycles. The standard InChI is InChI=1S/C14H17N3O2/c1-2-19-14(18)8-13(15)11-9-16-17(10-11)12-6-4-3-5-7-12/h3-7,9-10,13H,2,8,15H2,1H3/t13-/m0/s1. The summed E-state index contributed by atoms with van der Waals surface area (Å²) in [6.07, 6.45) is 3.67. The van der Waals surface area contributed by atoms with Gasteiger partial charge in [-0.1, -0.05) is 18.2 Å². The van der Waals surface area contributed by atoms with Gasteiger partial charge in [0, 0.05) is 17.8 Å². The molecule has 5 nitrogen and oxygen atoms in total. The predicted octanol–water partition coefficient (Wildman–Crippen LogP) is 1.83. The Kier molecular flexibility index (Phi) is 4.30. The molecule has 1 aromatic carbocycles. The molecule has 0 aliphatic carbocycles. The van der Waals surface area contributed by atoms with Crippen molar-refractivity contribution >= 4 is 5.97 Å². The van der Waals surface area contributed by atoms with Crippen LogP contribution in [0.1, 0.15) is 24.9 Å². The lowest BCUT2D eigenvalue weighted by Gasteiger charge is -2.08. The second-order valence-electron chi connectivity index (χ2n) is 4.17. The molecule has 1 heterocycles. The largest absolute Gasteiger partial charge is 0.466 e. The van der Waals surface area contributed by atoms with Crippen LogP contribution in [0.15, 0.2) is 42.7 Å². The highest BCUT2D eigenvalue weighted by Crippen LogP contribution is 2.16. The summed E-state index contributed by atoms with van der Waals surface area (Å²) >= 11 is 0. The van der Waals surface area contributed by atoms with E-state index in [1.54, 1.807) is 17.8 Å². The Bertz CT molecular complexity index is 537. The number of rotatable bonds is 5. The Morgan fingerprint density at radius 1 is 1.42 bits per heavy atom. The number of para-hydroxylation sites is 1. The molecule has 0 radical (unpaired) electrons. The van der Waals surface area contributed by atoms with E-state index in [4.69, 9.17) is 10.5 Å². The predicted molar refractivity (Wildman–Crippen MR) is 71.7 cm³/mol. The molecule has 5 heteroatoms. The topological polar surface area (TPSA) is 70.1 Å². The first-order chi connectivity index (χ1) is 9.20. The van der Waals surface area contributed by atoms with Gasteiger partial charge in [-0.15, -0.1) is 0 Å². The molecule has 2 rings (SSSR count). The maximum atomic E-state index is 11.4. The van der Waals surface area contributed by atoms with Crippen molar-refractivity contribution in [1.82, 2.24) is 9.78 Å². The van der Waals surface area contributed by atoms with Gasteiger partial charge in [-0.2, -0.15) is 5.10 Å². The van der Waals surface area contributed by atoms with E-state index in [0.29, 0.717) is 6.61 Å². The molecular weight excluding hydrogens is 242 g/mol. The number of hydrogen-bond acceptors (Lipinski definition) is 4. The number of aromatic nitrogens is 2. The van der Waals surface area contributed by atoms with Crippen LogP contribution in [0.4, 0.5) is 0 Å². The molecule has 19 heavy (non-hydrogen) atoms. The van der Waals surface area contributed by atoms with Crippen LogP contribution < -0.4 is 5.73 Å². The summed E-state index contributed by atoms with van der Waals surface area (Å²) in [5.74, 6) is -0.289. The number of nitrogens with zero attached hydrogens (tertiary/aromatic N) is 2. The molecule has 0 saturated carbocycles. The summed E-state index contributed by atoms with van der Waals surface area (Å²) in [6.45, 7) is 2.14. The van der Waals surface area contributed by atoms with Gasteiger partial charge < -0.3 is 10.5 Å². The van der Waals surface area contributed by atoms with E-state index in [9.17, 15) is 4.79 Å². The highest BCUT2D eigenvalue weighted by molar-refractivity contribution is 5.70. The molecule has 0 bridgehead atoms. The third kappa shape index (κ3) is 3.42. The molecule has 1 aromatic heterocycles. The number of benzene rings is 1. The number of carbonyl (C=O) groups is 1. The van der Waals surface area contributed by atoms with Crippen LogP contribution >= 0.6 is 0 Å². The third-order valence-corrected chi connectivity index (χ3v) is 2.74. The van der Waals surface area contributed by atoms with Crippen molar-refractivity contribution in [1.29, 1.82) is 0 Å². The minimum absolute atomic E-state index is 0.161. The van der Waals surface area contributed by atoms with Crippen molar-refractivity contribution in [3.05, 3.63) is 48.3 Å². The first-order valence-electron chi connectivity index (χ1n) is 6.22. The van der Waals surface area contributed by atoms with Crippen molar-refractivity contribution in [2.45, 2.75) is 19.4 Å². The number of carbonyl (C=O) groups excluding carboxylic acids is 1. The number of esters is 1. The summed E-state index contributed by atoms with van der Waals surface area (Å²) in [5.41, 5.74) is 7.74. The van der Waals surface area contributed by atoms with Gasteiger partial charge in [0.2, 0.25) is 0 Å². The van der Waals surface area contributed by atoms with Gasteiger partial charge in [0.05, 0.1) is 24.9 Å². The summed E-state index contributed by atoms with van der Waals surface area (Å²) < 4.78 is 6.62. The fraction of sp³-hybridized carbons (Fsp3) is 0.286. The van der Waals surface area contributed by atoms with Crippen molar-refractivity contribution in [2.75, 3.05) is 6.61 Å². The second kappa shape index (κ2) is 6.15. The van der Waals surface area contributed by atoms with Crippen molar-refractivity contribution in [3.8, 4) is 5.69 Å². The van der Waals surface area contributed by atoms with E-state index >= 15 is 0 Å². The molecule has 2 aromatic rings. The lowest BCUT2D eigenvalue weighted by atomic mass is 10.1. The number of ether oxygens (including phenoxy) is 1.